The molecule has 0 aromatic carbocycles. The molecule has 0 radical (unpaired) electrons. The van der Waals surface area contributed by atoms with Gasteiger partial charge in [0.05, 0.1) is 11.5 Å². The Morgan fingerprint density at radius 1 is 1.00 bits per heavy atom. The van der Waals surface area contributed by atoms with Crippen LogP contribution in [0.3, 0.4) is 0 Å². The van der Waals surface area contributed by atoms with Crippen molar-refractivity contribution in [2.75, 3.05) is 0 Å². The molecule has 27 heavy (non-hydrogen) atoms. The second kappa shape index (κ2) is 5.99. The van der Waals surface area contributed by atoms with E-state index in [1.807, 2.05) is 0 Å². The van der Waals surface area contributed by atoms with E-state index in [9.17, 15) is 46.1 Å². The maximum absolute atomic E-state index is 13.3. The Balaban J connectivity index is 1.95. The highest BCUT2D eigenvalue weighted by atomic mass is 19.4. The van der Waals surface area contributed by atoms with Crippen molar-refractivity contribution in [1.29, 1.82) is 0 Å². The lowest BCUT2D eigenvalue weighted by Crippen LogP contribution is -2.64. The fourth-order valence-electron chi connectivity index (χ4n) is 5.23. The van der Waals surface area contributed by atoms with E-state index in [0.717, 1.165) is 0 Å². The van der Waals surface area contributed by atoms with Crippen molar-refractivity contribution in [3.8, 4) is 0 Å². The molecular formula is C16H17F6O5-. The highest BCUT2D eigenvalue weighted by molar-refractivity contribution is 5.79. The van der Waals surface area contributed by atoms with E-state index in [0.29, 0.717) is 12.8 Å². The summed E-state index contributed by atoms with van der Waals surface area (Å²) >= 11 is 0. The van der Waals surface area contributed by atoms with Gasteiger partial charge in [0.2, 0.25) is 0 Å². The lowest BCUT2D eigenvalue weighted by Gasteiger charge is -2.57. The zero-order valence-corrected chi connectivity index (χ0v) is 13.9. The number of hydrogen-bond donors (Lipinski definition) is 1. The van der Waals surface area contributed by atoms with Crippen molar-refractivity contribution in [3.63, 3.8) is 0 Å². The summed E-state index contributed by atoms with van der Waals surface area (Å²) in [6.07, 6.45) is -14.7. The van der Waals surface area contributed by atoms with Crippen LogP contribution in [0.1, 0.15) is 38.5 Å². The minimum absolute atomic E-state index is 0.0721. The molecule has 4 aliphatic rings. The van der Waals surface area contributed by atoms with Gasteiger partial charge in [-0.25, -0.2) is 0 Å². The number of rotatable bonds is 4. The molecule has 4 aliphatic carbocycles. The summed E-state index contributed by atoms with van der Waals surface area (Å²) in [7, 11) is 0. The molecule has 2 atom stereocenters. The van der Waals surface area contributed by atoms with Gasteiger partial charge in [-0.15, -0.1) is 0 Å². The zero-order valence-electron chi connectivity index (χ0n) is 13.9. The summed E-state index contributed by atoms with van der Waals surface area (Å²) in [4.78, 5) is 23.2. The first-order chi connectivity index (χ1) is 12.2. The first kappa shape index (κ1) is 20.2. The van der Waals surface area contributed by atoms with Crippen LogP contribution in [0.15, 0.2) is 0 Å². The second-order valence-electron chi connectivity index (χ2n) is 8.00. The third-order valence-electron chi connectivity index (χ3n) is 6.23. The van der Waals surface area contributed by atoms with Crippen molar-refractivity contribution < 1.29 is 50.9 Å². The molecule has 0 amide bonds. The Kier molecular flexibility index (Phi) is 4.48. The third kappa shape index (κ3) is 3.07. The summed E-state index contributed by atoms with van der Waals surface area (Å²) in [6.45, 7) is 0. The van der Waals surface area contributed by atoms with Crippen LogP contribution < -0.4 is 5.11 Å². The third-order valence-corrected chi connectivity index (χ3v) is 6.23. The number of carbonyl (C=O) groups excluding carboxylic acids is 2. The number of halogens is 6. The Morgan fingerprint density at radius 2 is 1.48 bits per heavy atom. The van der Waals surface area contributed by atoms with Gasteiger partial charge in [-0.2, -0.15) is 26.3 Å². The molecule has 1 N–H and O–H groups in total. The normalized spacial score (nSPS) is 36.0. The Hall–Kier alpha value is -1.52. The molecule has 0 aromatic heterocycles. The van der Waals surface area contributed by atoms with Gasteiger partial charge in [-0.1, -0.05) is 0 Å². The molecule has 0 heterocycles. The molecule has 4 saturated carbocycles. The molecule has 4 fully saturated rings. The van der Waals surface area contributed by atoms with E-state index >= 15 is 0 Å². The molecule has 0 spiro atoms. The number of aliphatic hydroxyl groups is 1. The number of alkyl halides is 6. The zero-order chi connectivity index (χ0) is 20.4. The fourth-order valence-corrected chi connectivity index (χ4v) is 5.23. The van der Waals surface area contributed by atoms with Crippen molar-refractivity contribution in [3.05, 3.63) is 0 Å². The monoisotopic (exact) mass is 403 g/mol. The Labute approximate surface area is 149 Å². The highest BCUT2D eigenvalue weighted by Crippen LogP contribution is 2.61. The lowest BCUT2D eigenvalue weighted by atomic mass is 9.48. The van der Waals surface area contributed by atoms with Crippen LogP contribution in [0.25, 0.3) is 0 Å². The van der Waals surface area contributed by atoms with E-state index < -0.39 is 59.7 Å². The second-order valence-corrected chi connectivity index (χ2v) is 8.00. The molecule has 11 heteroatoms. The molecule has 2 unspecified atom stereocenters. The van der Waals surface area contributed by atoms with Crippen LogP contribution in [0, 0.1) is 23.2 Å². The summed E-state index contributed by atoms with van der Waals surface area (Å²) in [5.74, 6) is -5.22. The smallest absolute Gasteiger partial charge is 0.437 e. The molecule has 5 nitrogen and oxygen atoms in total. The molecule has 4 bridgehead atoms. The summed E-state index contributed by atoms with van der Waals surface area (Å²) in [5.41, 5.74) is -6.73. The maximum atomic E-state index is 13.3. The number of esters is 1. The van der Waals surface area contributed by atoms with Gasteiger partial charge in [0, 0.05) is 12.4 Å². The maximum Gasteiger partial charge on any atom is 0.437 e. The SMILES string of the molecule is O=C([O-])CC(OC(=O)C12CC3CC(C1)C(O)C(C3)C2)(C(F)(F)F)C(F)(F)F. The van der Waals surface area contributed by atoms with Crippen molar-refractivity contribution in [1.82, 2.24) is 0 Å². The van der Waals surface area contributed by atoms with Crippen LogP contribution in [0.4, 0.5) is 26.3 Å². The van der Waals surface area contributed by atoms with E-state index in [-0.39, 0.29) is 25.2 Å². The lowest BCUT2D eigenvalue weighted by molar-refractivity contribution is -0.383. The van der Waals surface area contributed by atoms with E-state index in [2.05, 4.69) is 4.74 Å². The average molecular weight is 403 g/mol. The minimum atomic E-state index is -6.19. The van der Waals surface area contributed by atoms with Crippen LogP contribution in [0.2, 0.25) is 0 Å². The van der Waals surface area contributed by atoms with E-state index in [1.54, 1.807) is 0 Å². The number of hydrogen-bond acceptors (Lipinski definition) is 5. The van der Waals surface area contributed by atoms with Crippen LogP contribution in [-0.4, -0.2) is 41.1 Å². The van der Waals surface area contributed by atoms with Gasteiger partial charge < -0.3 is 19.7 Å². The summed E-state index contributed by atoms with van der Waals surface area (Å²) < 4.78 is 83.8. The van der Waals surface area contributed by atoms with Gasteiger partial charge in [-0.05, 0) is 49.9 Å². The quantitative estimate of drug-likeness (QED) is 0.571. The number of carbonyl (C=O) groups is 2. The Morgan fingerprint density at radius 3 is 1.89 bits per heavy atom. The van der Waals surface area contributed by atoms with Gasteiger partial charge in [-0.3, -0.25) is 4.79 Å². The highest BCUT2D eigenvalue weighted by Gasteiger charge is 2.75. The summed E-state index contributed by atoms with van der Waals surface area (Å²) in [6, 6.07) is 0. The number of aliphatic carboxylic acids is 1. The van der Waals surface area contributed by atoms with Crippen molar-refractivity contribution >= 4 is 11.9 Å². The number of aliphatic hydroxyl groups excluding tert-OH is 1. The number of ether oxygens (including phenoxy) is 1. The predicted octanol–water partition coefficient (Wildman–Crippen LogP) is 1.72. The molecule has 0 saturated heterocycles. The standard InChI is InChI=1S/C16H18F6O5/c17-15(18,19)14(6-10(23)24,16(20,21)22)27-12(26)13-3-7-1-8(4-13)11(25)9(2-7)5-13/h7-9,11,25H,1-6H2,(H,23,24)/p-1. The molecular weight excluding hydrogens is 386 g/mol. The Bertz CT molecular complexity index is 612. The van der Waals surface area contributed by atoms with E-state index in [4.69, 9.17) is 0 Å². The first-order valence-electron chi connectivity index (χ1n) is 8.45. The first-order valence-corrected chi connectivity index (χ1v) is 8.45. The molecule has 0 aromatic rings. The van der Waals surface area contributed by atoms with E-state index in [1.165, 1.54) is 0 Å². The van der Waals surface area contributed by atoms with Gasteiger partial charge in [0.15, 0.2) is 0 Å². The van der Waals surface area contributed by atoms with Gasteiger partial charge in [0.25, 0.3) is 0 Å². The topological polar surface area (TPSA) is 86.7 Å². The van der Waals surface area contributed by atoms with Crippen LogP contribution in [0.5, 0.6) is 0 Å². The number of carboxylic acids is 1. The molecule has 154 valence electrons. The predicted molar refractivity (Wildman–Crippen MR) is 72.6 cm³/mol. The van der Waals surface area contributed by atoms with Crippen LogP contribution in [-0.2, 0) is 14.3 Å². The minimum Gasteiger partial charge on any atom is -0.550 e. The average Bonchev–Trinajstić information content (AvgIpc) is 2.48. The number of carboxylic acid groups (broad SMARTS) is 1. The molecule has 0 aliphatic heterocycles. The van der Waals surface area contributed by atoms with Gasteiger partial charge in [0.1, 0.15) is 0 Å². The fraction of sp³-hybridized carbons (Fsp3) is 0.875. The summed E-state index contributed by atoms with van der Waals surface area (Å²) in [5, 5.41) is 20.8. The largest absolute Gasteiger partial charge is 0.550 e. The van der Waals surface area contributed by atoms with Crippen molar-refractivity contribution in [2.24, 2.45) is 23.2 Å². The van der Waals surface area contributed by atoms with Crippen molar-refractivity contribution in [2.45, 2.75) is 62.6 Å². The van der Waals surface area contributed by atoms with Gasteiger partial charge >= 0.3 is 23.9 Å². The molecule has 4 rings (SSSR count). The van der Waals surface area contributed by atoms with Crippen LogP contribution >= 0.6 is 0 Å².